The quantitative estimate of drug-likeness (QED) is 0.224. The Morgan fingerprint density at radius 2 is 1.95 bits per heavy atom. The number of hydrogen-bond acceptors (Lipinski definition) is 8. The molecule has 0 saturated heterocycles. The van der Waals surface area contributed by atoms with Gasteiger partial charge in [0.15, 0.2) is 5.82 Å². The van der Waals surface area contributed by atoms with Gasteiger partial charge >= 0.3 is 0 Å². The summed E-state index contributed by atoms with van der Waals surface area (Å²) in [6.07, 6.45) is 7.58. The summed E-state index contributed by atoms with van der Waals surface area (Å²) in [4.78, 5) is 11.9. The fourth-order valence-corrected chi connectivity index (χ4v) is 3.88. The molecule has 0 aliphatic heterocycles. The second kappa shape index (κ2) is 11.1. The second-order valence-electron chi connectivity index (χ2n) is 8.46. The maximum absolute atomic E-state index is 13.8. The van der Waals surface area contributed by atoms with Crippen molar-refractivity contribution >= 4 is 39.6 Å². The van der Waals surface area contributed by atoms with Crippen LogP contribution in [0.25, 0.3) is 10.9 Å². The Morgan fingerprint density at radius 1 is 1.14 bits per heavy atom. The Morgan fingerprint density at radius 3 is 2.62 bits per heavy atom. The van der Waals surface area contributed by atoms with Gasteiger partial charge in [-0.05, 0) is 37.6 Å². The first-order valence-electron chi connectivity index (χ1n) is 11.2. The van der Waals surface area contributed by atoms with E-state index in [1.165, 1.54) is 6.20 Å². The molecule has 8 nitrogen and oxygen atoms in total. The van der Waals surface area contributed by atoms with Crippen molar-refractivity contribution < 1.29 is 8.78 Å². The number of nitrogens with one attached hydrogen (secondary N) is 3. The predicted octanol–water partition coefficient (Wildman–Crippen LogP) is 5.52. The Kier molecular flexibility index (Phi) is 7.65. The number of nitriles is 1. The third-order valence-electron chi connectivity index (χ3n) is 5.36. The van der Waals surface area contributed by atoms with Crippen molar-refractivity contribution in [3.8, 4) is 6.07 Å². The largest absolute Gasteiger partial charge is 0.399 e. The molecule has 5 N–H and O–H groups in total. The molecule has 1 atom stereocenters. The van der Waals surface area contributed by atoms with E-state index in [0.717, 1.165) is 17.8 Å². The summed E-state index contributed by atoms with van der Waals surface area (Å²) in [6.45, 7) is 3.99. The van der Waals surface area contributed by atoms with Crippen LogP contribution in [0.4, 0.5) is 25.8 Å². The molecule has 0 aliphatic carbocycles. The molecule has 0 fully saturated rings. The van der Waals surface area contributed by atoms with Crippen LogP contribution in [0.3, 0.4) is 0 Å². The van der Waals surface area contributed by atoms with Crippen LogP contribution in [-0.4, -0.2) is 21.0 Å². The molecule has 1 unspecified atom stereocenters. The third-order valence-corrected chi connectivity index (χ3v) is 5.64. The van der Waals surface area contributed by atoms with Gasteiger partial charge in [-0.1, -0.05) is 17.7 Å². The minimum Gasteiger partial charge on any atom is -0.399 e. The van der Waals surface area contributed by atoms with Gasteiger partial charge in [-0.3, -0.25) is 9.97 Å². The second-order valence-corrected chi connectivity index (χ2v) is 8.87. The normalized spacial score (nSPS) is 12.3. The minimum atomic E-state index is -1.22. The highest BCUT2D eigenvalue weighted by atomic mass is 35.5. The lowest BCUT2D eigenvalue weighted by Crippen LogP contribution is -2.24. The van der Waals surface area contributed by atoms with E-state index < -0.39 is 17.8 Å². The predicted molar refractivity (Wildman–Crippen MR) is 140 cm³/mol. The fourth-order valence-electron chi connectivity index (χ4n) is 3.62. The Labute approximate surface area is 217 Å². The van der Waals surface area contributed by atoms with Crippen LogP contribution in [-0.2, 0) is 0 Å². The zero-order valence-corrected chi connectivity index (χ0v) is 20.7. The fraction of sp³-hybridized carbons (Fsp3) is 0.154. The molecule has 0 saturated carbocycles. The number of pyridine rings is 3. The van der Waals surface area contributed by atoms with Gasteiger partial charge in [-0.25, -0.2) is 9.37 Å². The van der Waals surface area contributed by atoms with Crippen LogP contribution >= 0.6 is 11.6 Å². The molecule has 1 aromatic carbocycles. The highest BCUT2D eigenvalue weighted by molar-refractivity contribution is 6.36. The monoisotopic (exact) mass is 520 g/mol. The standard InChI is InChI=1S/C26H23ClF2N8/c1-14(2)33-13-22(31)24(15-4-3-5-32-10-15)36-17-6-19-23(37-18-8-21(28)26(29)35-12-18)16(9-30)11-34-25(19)20(27)7-17/h3-8,10-14,24,33,36H,31H2,1-2H3,(H,34,37)/b22-13-. The van der Waals surface area contributed by atoms with Crippen molar-refractivity contribution in [1.82, 2.24) is 20.3 Å². The van der Waals surface area contributed by atoms with E-state index in [2.05, 4.69) is 37.0 Å². The summed E-state index contributed by atoms with van der Waals surface area (Å²) in [6, 6.07) is 9.86. The van der Waals surface area contributed by atoms with Crippen LogP contribution in [0.15, 0.2) is 67.0 Å². The lowest BCUT2D eigenvalue weighted by Gasteiger charge is -2.22. The molecule has 0 amide bonds. The molecule has 0 radical (unpaired) electrons. The van der Waals surface area contributed by atoms with Gasteiger partial charge < -0.3 is 21.7 Å². The van der Waals surface area contributed by atoms with Crippen molar-refractivity contribution in [1.29, 1.82) is 5.26 Å². The highest BCUT2D eigenvalue weighted by Crippen LogP contribution is 2.36. The van der Waals surface area contributed by atoms with E-state index >= 15 is 0 Å². The lowest BCUT2D eigenvalue weighted by atomic mass is 10.0. The summed E-state index contributed by atoms with van der Waals surface area (Å²) in [5.74, 6) is -2.35. The van der Waals surface area contributed by atoms with E-state index in [4.69, 9.17) is 17.3 Å². The van der Waals surface area contributed by atoms with Gasteiger partial charge in [0.2, 0.25) is 5.95 Å². The summed E-state index contributed by atoms with van der Waals surface area (Å²) in [5.41, 5.74) is 9.38. The maximum atomic E-state index is 13.8. The molecule has 11 heteroatoms. The summed E-state index contributed by atoms with van der Waals surface area (Å²) >= 11 is 6.58. The average molecular weight is 521 g/mol. The van der Waals surface area contributed by atoms with Crippen molar-refractivity contribution in [2.45, 2.75) is 25.9 Å². The van der Waals surface area contributed by atoms with Crippen LogP contribution in [0, 0.1) is 23.1 Å². The van der Waals surface area contributed by atoms with Gasteiger partial charge in [0.1, 0.15) is 6.07 Å². The zero-order chi connectivity index (χ0) is 26.5. The number of nitrogens with zero attached hydrogens (tertiary/aromatic N) is 4. The van der Waals surface area contributed by atoms with Crippen molar-refractivity contribution in [3.63, 3.8) is 0 Å². The molecule has 0 spiro atoms. The number of benzene rings is 1. The van der Waals surface area contributed by atoms with Crippen LogP contribution in [0.5, 0.6) is 0 Å². The SMILES string of the molecule is CC(C)N/C=C(\N)C(Nc1cc(Cl)c2ncc(C#N)c(Nc3cnc(F)c(F)c3)c2c1)c1cccnc1. The highest BCUT2D eigenvalue weighted by Gasteiger charge is 2.18. The van der Waals surface area contributed by atoms with E-state index in [1.54, 1.807) is 30.7 Å². The average Bonchev–Trinajstić information content (AvgIpc) is 2.89. The summed E-state index contributed by atoms with van der Waals surface area (Å²) < 4.78 is 27.1. The minimum absolute atomic E-state index is 0.151. The molecular weight excluding hydrogens is 498 g/mol. The first-order chi connectivity index (χ1) is 17.8. The third kappa shape index (κ3) is 5.85. The summed E-state index contributed by atoms with van der Waals surface area (Å²) in [5, 5.41) is 20.0. The first-order valence-corrected chi connectivity index (χ1v) is 11.6. The summed E-state index contributed by atoms with van der Waals surface area (Å²) in [7, 11) is 0. The number of nitrogens with two attached hydrogens (primary N) is 1. The van der Waals surface area contributed by atoms with Crippen LogP contribution in [0.1, 0.15) is 31.0 Å². The van der Waals surface area contributed by atoms with E-state index in [-0.39, 0.29) is 17.3 Å². The van der Waals surface area contributed by atoms with E-state index in [0.29, 0.717) is 33.0 Å². The Hall–Kier alpha value is -4.49. The smallest absolute Gasteiger partial charge is 0.249 e. The molecule has 37 heavy (non-hydrogen) atoms. The molecule has 0 bridgehead atoms. The zero-order valence-electron chi connectivity index (χ0n) is 19.9. The van der Waals surface area contributed by atoms with Crippen LogP contribution in [0.2, 0.25) is 5.02 Å². The molecule has 4 aromatic rings. The van der Waals surface area contributed by atoms with Crippen LogP contribution < -0.4 is 21.7 Å². The molecule has 188 valence electrons. The molecule has 3 heterocycles. The maximum Gasteiger partial charge on any atom is 0.249 e. The van der Waals surface area contributed by atoms with E-state index in [9.17, 15) is 14.0 Å². The van der Waals surface area contributed by atoms with Crippen molar-refractivity contribution in [3.05, 3.63) is 94.9 Å². The van der Waals surface area contributed by atoms with Gasteiger partial charge in [-0.15, -0.1) is 0 Å². The molecule has 4 rings (SSSR count). The molecule has 0 aliphatic rings. The number of hydrogen-bond donors (Lipinski definition) is 4. The van der Waals surface area contributed by atoms with Gasteiger partial charge in [-0.2, -0.15) is 9.65 Å². The molecular formula is C26H23ClF2N8. The number of fused-ring (bicyclic) bond motifs is 1. The van der Waals surface area contributed by atoms with Gasteiger partial charge in [0, 0.05) is 48.0 Å². The van der Waals surface area contributed by atoms with E-state index in [1.807, 2.05) is 26.0 Å². The first kappa shape index (κ1) is 25.6. The molecule has 3 aromatic heterocycles. The number of rotatable bonds is 8. The topological polar surface area (TPSA) is 125 Å². The Bertz CT molecular complexity index is 1500. The van der Waals surface area contributed by atoms with Crippen molar-refractivity contribution in [2.24, 2.45) is 5.73 Å². The Balaban J connectivity index is 1.80. The number of aromatic nitrogens is 3. The number of halogens is 3. The van der Waals surface area contributed by atoms with Gasteiger partial charge in [0.05, 0.1) is 45.4 Å². The van der Waals surface area contributed by atoms with Crippen molar-refractivity contribution in [2.75, 3.05) is 10.6 Å². The van der Waals surface area contributed by atoms with Gasteiger partial charge in [0.25, 0.3) is 0 Å². The lowest BCUT2D eigenvalue weighted by molar-refractivity contribution is 0.480. The number of anilines is 3.